The molecule has 1 amide bonds. The van der Waals surface area contributed by atoms with Gasteiger partial charge in [0.2, 0.25) is 5.88 Å². The molecule has 3 aromatic rings. The molecule has 0 aromatic heterocycles. The Hall–Kier alpha value is -3.22. The lowest BCUT2D eigenvalue weighted by molar-refractivity contribution is 0.0576. The summed E-state index contributed by atoms with van der Waals surface area (Å²) >= 11 is 3.42. The zero-order chi connectivity index (χ0) is 24.8. The van der Waals surface area contributed by atoms with Gasteiger partial charge in [0.05, 0.1) is 5.69 Å². The fourth-order valence-electron chi connectivity index (χ4n) is 2.72. The molecule has 3 rings (SSSR count). The predicted octanol–water partition coefficient (Wildman–Crippen LogP) is 7.94. The number of phosphoric acid groups is 1. The number of para-hydroxylation sites is 3. The van der Waals surface area contributed by atoms with Crippen LogP contribution in [-0.4, -0.2) is 11.7 Å². The summed E-state index contributed by atoms with van der Waals surface area (Å²) in [6.45, 7) is 9.03. The van der Waals surface area contributed by atoms with Gasteiger partial charge in [-0.05, 0) is 79.7 Å². The van der Waals surface area contributed by atoms with Crippen LogP contribution in [0, 0.1) is 0 Å². The molecule has 34 heavy (non-hydrogen) atoms. The highest BCUT2D eigenvalue weighted by Crippen LogP contribution is 2.52. The van der Waals surface area contributed by atoms with Crippen LogP contribution in [0.4, 0.5) is 10.5 Å². The van der Waals surface area contributed by atoms with Gasteiger partial charge in [-0.1, -0.05) is 48.5 Å². The number of anilines is 1. The van der Waals surface area contributed by atoms with Crippen LogP contribution in [0.25, 0.3) is 0 Å². The molecule has 0 aliphatic heterocycles. The molecule has 0 aliphatic carbocycles. The molecule has 0 spiro atoms. The van der Waals surface area contributed by atoms with Gasteiger partial charge in [-0.3, -0.25) is 0 Å². The van der Waals surface area contributed by atoms with E-state index in [0.717, 1.165) is 4.90 Å². The highest BCUT2D eigenvalue weighted by Gasteiger charge is 2.38. The van der Waals surface area contributed by atoms with Crippen LogP contribution in [0.2, 0.25) is 0 Å². The number of rotatable bonds is 8. The van der Waals surface area contributed by atoms with E-state index in [9.17, 15) is 9.36 Å². The Bertz CT molecular complexity index is 1140. The van der Waals surface area contributed by atoms with Crippen LogP contribution < -0.4 is 13.9 Å². The number of carbonyl (C=O) groups excluding carboxylic acids is 1. The molecule has 0 saturated carbocycles. The number of nitrogens with zero attached hydrogens (tertiary/aromatic N) is 1. The Morgan fingerprint density at radius 3 is 1.79 bits per heavy atom. The van der Waals surface area contributed by atoms with E-state index in [2.05, 4.69) is 22.5 Å². The second-order valence-electron chi connectivity index (χ2n) is 8.01. The van der Waals surface area contributed by atoms with Gasteiger partial charge >= 0.3 is 13.9 Å². The van der Waals surface area contributed by atoms with Crippen molar-refractivity contribution in [3.8, 4) is 11.5 Å². The molecule has 0 heterocycles. The van der Waals surface area contributed by atoms with Crippen LogP contribution in [0.5, 0.6) is 11.5 Å². The Morgan fingerprint density at radius 1 is 0.853 bits per heavy atom. The monoisotopic (exact) mass is 545 g/mol. The molecule has 0 fully saturated rings. The van der Waals surface area contributed by atoms with Crippen molar-refractivity contribution in [2.24, 2.45) is 0 Å². The van der Waals surface area contributed by atoms with Gasteiger partial charge in [-0.2, -0.15) is 4.57 Å². The average molecular weight is 546 g/mol. The second-order valence-corrected chi connectivity index (χ2v) is 10.3. The number of hydrogen-bond donors (Lipinski definition) is 0. The number of hydrogen-bond acceptors (Lipinski definition) is 6. The van der Waals surface area contributed by atoms with Gasteiger partial charge in [-0.15, -0.1) is 0 Å². The summed E-state index contributed by atoms with van der Waals surface area (Å²) in [5, 5.41) is 0. The van der Waals surface area contributed by atoms with E-state index < -0.39 is 19.5 Å². The van der Waals surface area contributed by atoms with Crippen molar-refractivity contribution in [2.75, 3.05) is 4.90 Å². The van der Waals surface area contributed by atoms with Crippen LogP contribution in [0.15, 0.2) is 102 Å². The summed E-state index contributed by atoms with van der Waals surface area (Å²) < 4.78 is 36.8. The average Bonchev–Trinajstić information content (AvgIpc) is 2.75. The minimum Gasteiger partial charge on any atom is -0.443 e. The Morgan fingerprint density at radius 2 is 1.32 bits per heavy atom. The molecule has 9 heteroatoms. The van der Waals surface area contributed by atoms with Crippen molar-refractivity contribution in [3.63, 3.8) is 0 Å². The van der Waals surface area contributed by atoms with Crippen molar-refractivity contribution in [1.82, 2.24) is 0 Å². The van der Waals surface area contributed by atoms with Gasteiger partial charge in [0, 0.05) is 4.47 Å². The molecule has 178 valence electrons. The number of ether oxygens (including phenoxy) is 1. The first-order valence-corrected chi connectivity index (χ1v) is 12.6. The van der Waals surface area contributed by atoms with Gasteiger partial charge in [-0.25, -0.2) is 9.69 Å². The first-order valence-electron chi connectivity index (χ1n) is 10.3. The van der Waals surface area contributed by atoms with Gasteiger partial charge in [0.15, 0.2) is 0 Å². The molecular formula is C25H25BrNO6P. The summed E-state index contributed by atoms with van der Waals surface area (Å²) in [5.74, 6) is 0.190. The molecule has 0 aliphatic rings. The highest BCUT2D eigenvalue weighted by atomic mass is 79.9. The van der Waals surface area contributed by atoms with E-state index in [-0.39, 0.29) is 17.4 Å². The second kappa shape index (κ2) is 10.8. The third kappa shape index (κ3) is 7.14. The number of carbonyl (C=O) groups is 1. The molecular weight excluding hydrogens is 521 g/mol. The zero-order valence-electron chi connectivity index (χ0n) is 19.0. The maximum atomic E-state index is 13.8. The molecule has 3 aromatic carbocycles. The summed E-state index contributed by atoms with van der Waals surface area (Å²) in [4.78, 5) is 14.2. The summed E-state index contributed by atoms with van der Waals surface area (Å²) in [7, 11) is -4.36. The van der Waals surface area contributed by atoms with Crippen molar-refractivity contribution < 1.29 is 27.7 Å². The lowest BCUT2D eigenvalue weighted by Gasteiger charge is -2.30. The Kier molecular flexibility index (Phi) is 8.07. The molecule has 0 atom stereocenters. The minimum atomic E-state index is -4.36. The topological polar surface area (TPSA) is 74.3 Å². The molecule has 0 saturated heterocycles. The van der Waals surface area contributed by atoms with Crippen molar-refractivity contribution in [3.05, 3.63) is 102 Å². The highest BCUT2D eigenvalue weighted by molar-refractivity contribution is 9.10. The SMILES string of the molecule is C=C(OP(=O)(Oc1ccccc1)Oc1ccccc1)N(C(=O)OC(C)(C)C)c1ccccc1Br. The lowest BCUT2D eigenvalue weighted by atomic mass is 10.2. The first-order chi connectivity index (χ1) is 16.1. The van der Waals surface area contributed by atoms with Crippen LogP contribution >= 0.6 is 23.8 Å². The largest absolute Gasteiger partial charge is 0.648 e. The molecule has 7 nitrogen and oxygen atoms in total. The third-order valence-electron chi connectivity index (χ3n) is 4.06. The quantitative estimate of drug-likeness (QED) is 0.211. The summed E-state index contributed by atoms with van der Waals surface area (Å²) in [5.41, 5.74) is -0.436. The lowest BCUT2D eigenvalue weighted by Crippen LogP contribution is -2.37. The van der Waals surface area contributed by atoms with E-state index in [4.69, 9.17) is 18.3 Å². The maximum Gasteiger partial charge on any atom is 0.648 e. The molecule has 0 unspecified atom stereocenters. The van der Waals surface area contributed by atoms with E-state index in [1.54, 1.807) is 106 Å². The van der Waals surface area contributed by atoms with Gasteiger partial charge in [0.25, 0.3) is 0 Å². The fraction of sp³-hybridized carbons (Fsp3) is 0.160. The summed E-state index contributed by atoms with van der Waals surface area (Å²) in [6, 6.07) is 23.7. The first kappa shape index (κ1) is 25.4. The number of benzene rings is 3. The van der Waals surface area contributed by atoms with E-state index in [0.29, 0.717) is 10.2 Å². The Balaban J connectivity index is 1.97. The van der Waals surface area contributed by atoms with Crippen molar-refractivity contribution in [2.45, 2.75) is 26.4 Å². The Labute approximate surface area is 207 Å². The van der Waals surface area contributed by atoms with Crippen molar-refractivity contribution in [1.29, 1.82) is 0 Å². The predicted molar refractivity (Wildman–Crippen MR) is 135 cm³/mol. The van der Waals surface area contributed by atoms with Crippen molar-refractivity contribution >= 4 is 35.5 Å². The van der Waals surface area contributed by atoms with Gasteiger partial charge in [0.1, 0.15) is 17.1 Å². The van der Waals surface area contributed by atoms with E-state index in [1.165, 1.54) is 0 Å². The summed E-state index contributed by atoms with van der Waals surface area (Å²) in [6.07, 6.45) is -0.782. The van der Waals surface area contributed by atoms with Gasteiger partial charge < -0.3 is 18.3 Å². The molecule has 0 radical (unpaired) electrons. The fourth-order valence-corrected chi connectivity index (χ4v) is 4.40. The number of amides is 1. The molecule has 0 N–H and O–H groups in total. The van der Waals surface area contributed by atoms with E-state index in [1.807, 2.05) is 0 Å². The van der Waals surface area contributed by atoms with Crippen LogP contribution in [0.3, 0.4) is 0 Å². The molecule has 0 bridgehead atoms. The minimum absolute atomic E-state index is 0.249. The smallest absolute Gasteiger partial charge is 0.443 e. The zero-order valence-corrected chi connectivity index (χ0v) is 21.5. The standard InChI is InChI=1S/C25H25BrNO6P/c1-19(27(24(28)30-25(2,3)4)23-18-12-11-17-22(23)26)31-34(29,32-20-13-7-5-8-14-20)33-21-15-9-6-10-16-21/h5-18H,1H2,2-4H3. The maximum absolute atomic E-state index is 13.8. The number of phosphoric ester groups is 1. The van der Waals surface area contributed by atoms with Crippen LogP contribution in [0.1, 0.15) is 20.8 Å². The number of halogens is 1. The van der Waals surface area contributed by atoms with Crippen LogP contribution in [-0.2, 0) is 13.8 Å². The van der Waals surface area contributed by atoms with E-state index >= 15 is 0 Å². The normalized spacial score (nSPS) is 11.3. The third-order valence-corrected chi connectivity index (χ3v) is 6.03.